The van der Waals surface area contributed by atoms with Crippen LogP contribution in [0.3, 0.4) is 0 Å². The number of fused-ring (bicyclic) bond motifs is 1. The second-order valence-electron chi connectivity index (χ2n) is 5.72. The number of hydrogen-bond acceptors (Lipinski definition) is 4. The summed E-state index contributed by atoms with van der Waals surface area (Å²) >= 11 is 7.64. The molecule has 3 N–H and O–H groups in total. The summed E-state index contributed by atoms with van der Waals surface area (Å²) in [5.41, 5.74) is 2.17. The first-order valence-electron chi connectivity index (χ1n) is 7.30. The topological polar surface area (TPSA) is 89.3 Å². The molecule has 0 radical (unpaired) electrons. The standard InChI is InChI=1S/C17H15ClN2O3S2/c1-9-3-6-12-14(7-9)24-16(15(12)18)17(21)20-13-8-11(25(19,22)23)5-4-10(13)2/h3-8H,1-2H3,(H,20,21)(H2,19,22,23). The van der Waals surface area contributed by atoms with Crippen molar-refractivity contribution in [2.75, 3.05) is 5.32 Å². The predicted molar refractivity (Wildman–Crippen MR) is 102 cm³/mol. The summed E-state index contributed by atoms with van der Waals surface area (Å²) in [6.07, 6.45) is 0. The van der Waals surface area contributed by atoms with E-state index in [0.29, 0.717) is 21.2 Å². The van der Waals surface area contributed by atoms with E-state index in [4.69, 9.17) is 16.7 Å². The smallest absolute Gasteiger partial charge is 0.267 e. The molecule has 5 nitrogen and oxygen atoms in total. The molecular formula is C17H15ClN2O3S2. The molecule has 0 aliphatic rings. The van der Waals surface area contributed by atoms with Crippen LogP contribution in [0.4, 0.5) is 5.69 Å². The second kappa shape index (κ2) is 6.42. The SMILES string of the molecule is Cc1ccc2c(Cl)c(C(=O)Nc3cc(S(N)(=O)=O)ccc3C)sc2c1. The molecule has 0 atom stereocenters. The number of hydrogen-bond donors (Lipinski definition) is 2. The molecule has 0 saturated heterocycles. The third-order valence-corrected chi connectivity index (χ3v) is 6.34. The Labute approximate surface area is 154 Å². The van der Waals surface area contributed by atoms with Gasteiger partial charge < -0.3 is 5.32 Å². The van der Waals surface area contributed by atoms with E-state index in [9.17, 15) is 13.2 Å². The predicted octanol–water partition coefficient (Wildman–Crippen LogP) is 4.07. The monoisotopic (exact) mass is 394 g/mol. The molecule has 0 saturated carbocycles. The van der Waals surface area contributed by atoms with Crippen LogP contribution in [0.25, 0.3) is 10.1 Å². The van der Waals surface area contributed by atoms with Crippen molar-refractivity contribution < 1.29 is 13.2 Å². The molecule has 0 bridgehead atoms. The Morgan fingerprint density at radius 2 is 1.88 bits per heavy atom. The maximum absolute atomic E-state index is 12.6. The summed E-state index contributed by atoms with van der Waals surface area (Å²) in [5, 5.41) is 9.07. The highest BCUT2D eigenvalue weighted by Crippen LogP contribution is 2.36. The lowest BCUT2D eigenvalue weighted by molar-refractivity contribution is 0.103. The molecule has 25 heavy (non-hydrogen) atoms. The van der Waals surface area contributed by atoms with E-state index in [1.54, 1.807) is 13.0 Å². The molecule has 8 heteroatoms. The molecular weight excluding hydrogens is 380 g/mol. The van der Waals surface area contributed by atoms with E-state index in [1.165, 1.54) is 23.5 Å². The first kappa shape index (κ1) is 17.9. The van der Waals surface area contributed by atoms with Crippen molar-refractivity contribution in [1.82, 2.24) is 0 Å². The minimum absolute atomic E-state index is 0.0635. The Hall–Kier alpha value is -1.93. The van der Waals surface area contributed by atoms with E-state index in [1.807, 2.05) is 25.1 Å². The molecule has 1 heterocycles. The number of carbonyl (C=O) groups excluding carboxylic acids is 1. The van der Waals surface area contributed by atoms with E-state index >= 15 is 0 Å². The van der Waals surface area contributed by atoms with Gasteiger partial charge in [-0.3, -0.25) is 4.79 Å². The zero-order valence-electron chi connectivity index (χ0n) is 13.5. The van der Waals surface area contributed by atoms with Gasteiger partial charge in [0.2, 0.25) is 10.0 Å². The van der Waals surface area contributed by atoms with Crippen molar-refractivity contribution in [2.45, 2.75) is 18.7 Å². The molecule has 3 aromatic rings. The summed E-state index contributed by atoms with van der Waals surface area (Å²) < 4.78 is 23.9. The quantitative estimate of drug-likeness (QED) is 0.701. The zero-order chi connectivity index (χ0) is 18.4. The number of amides is 1. The Morgan fingerprint density at radius 3 is 2.56 bits per heavy atom. The van der Waals surface area contributed by atoms with Gasteiger partial charge in [-0.15, -0.1) is 11.3 Å². The number of aryl methyl sites for hydroxylation is 2. The number of sulfonamides is 1. The van der Waals surface area contributed by atoms with Gasteiger partial charge in [0.1, 0.15) is 4.88 Å². The van der Waals surface area contributed by atoms with E-state index in [2.05, 4.69) is 5.32 Å². The Kier molecular flexibility index (Phi) is 4.59. The number of primary sulfonamides is 1. The Balaban J connectivity index is 1.99. The lowest BCUT2D eigenvalue weighted by Crippen LogP contribution is -2.15. The minimum atomic E-state index is -3.85. The van der Waals surface area contributed by atoms with Crippen LogP contribution in [-0.4, -0.2) is 14.3 Å². The summed E-state index contributed by atoms with van der Waals surface area (Å²) in [5.74, 6) is -0.390. The zero-order valence-corrected chi connectivity index (χ0v) is 15.8. The first-order valence-corrected chi connectivity index (χ1v) is 10.0. The fourth-order valence-corrected chi connectivity index (χ4v) is 4.46. The van der Waals surface area contributed by atoms with E-state index in [-0.39, 0.29) is 4.90 Å². The lowest BCUT2D eigenvalue weighted by Gasteiger charge is -2.09. The number of anilines is 1. The number of nitrogens with one attached hydrogen (secondary N) is 1. The van der Waals surface area contributed by atoms with Crippen LogP contribution in [0.15, 0.2) is 41.3 Å². The Bertz CT molecular complexity index is 1100. The maximum atomic E-state index is 12.6. The molecule has 0 aliphatic carbocycles. The van der Waals surface area contributed by atoms with Crippen LogP contribution in [0.1, 0.15) is 20.8 Å². The van der Waals surface area contributed by atoms with Crippen LogP contribution in [0.5, 0.6) is 0 Å². The van der Waals surface area contributed by atoms with Gasteiger partial charge in [0.15, 0.2) is 0 Å². The van der Waals surface area contributed by atoms with Gasteiger partial charge >= 0.3 is 0 Å². The van der Waals surface area contributed by atoms with Gasteiger partial charge in [0, 0.05) is 15.8 Å². The van der Waals surface area contributed by atoms with Crippen molar-refractivity contribution >= 4 is 54.6 Å². The number of carbonyl (C=O) groups is 1. The number of nitrogens with two attached hydrogens (primary N) is 1. The molecule has 0 aliphatic heterocycles. The van der Waals surface area contributed by atoms with Gasteiger partial charge in [-0.1, -0.05) is 29.8 Å². The third-order valence-electron chi connectivity index (χ3n) is 3.78. The highest BCUT2D eigenvalue weighted by molar-refractivity contribution is 7.89. The third kappa shape index (κ3) is 3.55. The average Bonchev–Trinajstić information content (AvgIpc) is 2.84. The molecule has 1 amide bonds. The molecule has 1 aromatic heterocycles. The normalized spacial score (nSPS) is 11.7. The first-order chi connectivity index (χ1) is 11.7. The fraction of sp³-hybridized carbons (Fsp3) is 0.118. The van der Waals surface area contributed by atoms with Crippen LogP contribution in [0, 0.1) is 13.8 Å². The van der Waals surface area contributed by atoms with E-state index < -0.39 is 15.9 Å². The second-order valence-corrected chi connectivity index (χ2v) is 8.71. The molecule has 3 rings (SSSR count). The Morgan fingerprint density at radius 1 is 1.16 bits per heavy atom. The molecule has 0 fully saturated rings. The largest absolute Gasteiger partial charge is 0.321 e. The number of halogens is 1. The fourth-order valence-electron chi connectivity index (χ4n) is 2.41. The molecule has 2 aromatic carbocycles. The average molecular weight is 395 g/mol. The molecule has 130 valence electrons. The van der Waals surface area contributed by atoms with Gasteiger partial charge in [0.05, 0.1) is 9.92 Å². The van der Waals surface area contributed by atoms with Gasteiger partial charge in [-0.25, -0.2) is 13.6 Å². The van der Waals surface area contributed by atoms with E-state index in [0.717, 1.165) is 15.6 Å². The van der Waals surface area contributed by atoms with Gasteiger partial charge in [0.25, 0.3) is 5.91 Å². The summed E-state index contributed by atoms with van der Waals surface area (Å²) in [6.45, 7) is 3.73. The van der Waals surface area contributed by atoms with Gasteiger partial charge in [-0.05, 0) is 43.2 Å². The maximum Gasteiger partial charge on any atom is 0.267 e. The summed E-state index contributed by atoms with van der Waals surface area (Å²) in [7, 11) is -3.85. The lowest BCUT2D eigenvalue weighted by atomic mass is 10.2. The number of thiophene rings is 1. The van der Waals surface area contributed by atoms with Crippen molar-refractivity contribution in [3.05, 3.63) is 57.4 Å². The van der Waals surface area contributed by atoms with Crippen LogP contribution < -0.4 is 10.5 Å². The van der Waals surface area contributed by atoms with Crippen LogP contribution in [-0.2, 0) is 10.0 Å². The highest BCUT2D eigenvalue weighted by atomic mass is 35.5. The van der Waals surface area contributed by atoms with Crippen LogP contribution >= 0.6 is 22.9 Å². The minimum Gasteiger partial charge on any atom is -0.321 e. The van der Waals surface area contributed by atoms with Crippen molar-refractivity contribution in [1.29, 1.82) is 0 Å². The molecule has 0 spiro atoms. The number of benzene rings is 2. The van der Waals surface area contributed by atoms with Gasteiger partial charge in [-0.2, -0.15) is 0 Å². The van der Waals surface area contributed by atoms with Crippen molar-refractivity contribution in [3.8, 4) is 0 Å². The highest BCUT2D eigenvalue weighted by Gasteiger charge is 2.19. The van der Waals surface area contributed by atoms with Crippen molar-refractivity contribution in [2.24, 2.45) is 5.14 Å². The molecule has 0 unspecified atom stereocenters. The summed E-state index contributed by atoms with van der Waals surface area (Å²) in [6, 6.07) is 10.1. The van der Waals surface area contributed by atoms with Crippen molar-refractivity contribution in [3.63, 3.8) is 0 Å². The summed E-state index contributed by atoms with van der Waals surface area (Å²) in [4.78, 5) is 13.0. The number of rotatable bonds is 3. The van der Waals surface area contributed by atoms with Crippen LogP contribution in [0.2, 0.25) is 5.02 Å².